The van der Waals surface area contributed by atoms with E-state index in [4.69, 9.17) is 21.1 Å². The normalized spacial score (nSPS) is 10.9. The average molecular weight is 403 g/mol. The van der Waals surface area contributed by atoms with Crippen LogP contribution in [-0.4, -0.2) is 13.3 Å². The van der Waals surface area contributed by atoms with Crippen LogP contribution in [0.2, 0.25) is 5.02 Å². The van der Waals surface area contributed by atoms with E-state index in [1.807, 2.05) is 0 Å². The number of ether oxygens (including phenoxy) is 2. The molecule has 0 saturated carbocycles. The lowest BCUT2D eigenvalue weighted by molar-refractivity contribution is 0.279. The van der Waals surface area contributed by atoms with E-state index in [0.29, 0.717) is 22.7 Å². The van der Waals surface area contributed by atoms with Gasteiger partial charge in [-0.25, -0.2) is 8.78 Å². The van der Waals surface area contributed by atoms with Crippen molar-refractivity contribution in [2.24, 2.45) is 5.10 Å². The van der Waals surface area contributed by atoms with Crippen LogP contribution in [0.15, 0.2) is 65.8 Å². The number of hydrazone groups is 1. The largest absolute Gasteiger partial charge is 0.493 e. The number of rotatable bonds is 7. The Morgan fingerprint density at radius 2 is 1.79 bits per heavy atom. The van der Waals surface area contributed by atoms with Gasteiger partial charge in [-0.05, 0) is 48.5 Å². The van der Waals surface area contributed by atoms with E-state index in [-0.39, 0.29) is 23.0 Å². The molecule has 0 amide bonds. The molecule has 144 valence electrons. The summed E-state index contributed by atoms with van der Waals surface area (Å²) in [5, 5.41) is 4.42. The van der Waals surface area contributed by atoms with Gasteiger partial charge in [-0.1, -0.05) is 23.7 Å². The van der Waals surface area contributed by atoms with Gasteiger partial charge >= 0.3 is 0 Å². The first-order valence-corrected chi connectivity index (χ1v) is 8.73. The highest BCUT2D eigenvalue weighted by Gasteiger charge is 2.13. The Morgan fingerprint density at radius 1 is 1.04 bits per heavy atom. The molecule has 0 bridgehead atoms. The molecule has 0 aromatic heterocycles. The maximum atomic E-state index is 14.0. The molecule has 0 unspecified atom stereocenters. The fourth-order valence-electron chi connectivity index (χ4n) is 2.47. The zero-order valence-electron chi connectivity index (χ0n) is 15.0. The maximum Gasteiger partial charge on any atom is 0.170 e. The number of methoxy groups -OCH3 is 1. The van der Waals surface area contributed by atoms with Crippen LogP contribution in [0.3, 0.4) is 0 Å². The molecule has 4 nitrogen and oxygen atoms in total. The molecule has 0 heterocycles. The Balaban J connectivity index is 1.80. The van der Waals surface area contributed by atoms with E-state index in [1.54, 1.807) is 36.4 Å². The molecule has 0 aliphatic heterocycles. The van der Waals surface area contributed by atoms with Crippen LogP contribution in [-0.2, 0) is 6.61 Å². The highest BCUT2D eigenvalue weighted by atomic mass is 35.5. The molecule has 0 aliphatic rings. The fraction of sp³-hybridized carbons (Fsp3) is 0.0952. The minimum atomic E-state index is -0.449. The molecule has 7 heteroatoms. The van der Waals surface area contributed by atoms with Crippen molar-refractivity contribution in [2.45, 2.75) is 6.61 Å². The standard InChI is InChI=1S/C21H17ClF2N2O2/c1-27-20-7-2-4-14(12-25-26-16-10-8-15(23)9-11-16)21(20)28-13-17-18(22)5-3-6-19(17)24/h2-12,26H,13H2,1H3. The monoisotopic (exact) mass is 402 g/mol. The Labute approximate surface area is 166 Å². The van der Waals surface area contributed by atoms with Crippen molar-refractivity contribution in [2.75, 3.05) is 12.5 Å². The molecule has 1 N–H and O–H groups in total. The van der Waals surface area contributed by atoms with Gasteiger partial charge in [0.1, 0.15) is 18.2 Å². The van der Waals surface area contributed by atoms with Crippen LogP contribution >= 0.6 is 11.6 Å². The van der Waals surface area contributed by atoms with Crippen LogP contribution < -0.4 is 14.9 Å². The molecular weight excluding hydrogens is 386 g/mol. The number of nitrogens with zero attached hydrogens (tertiary/aromatic N) is 1. The van der Waals surface area contributed by atoms with Crippen LogP contribution in [0.4, 0.5) is 14.5 Å². The van der Waals surface area contributed by atoms with Gasteiger partial charge < -0.3 is 9.47 Å². The molecule has 0 saturated heterocycles. The maximum absolute atomic E-state index is 14.0. The van der Waals surface area contributed by atoms with Gasteiger partial charge in [-0.15, -0.1) is 0 Å². The molecule has 28 heavy (non-hydrogen) atoms. The summed E-state index contributed by atoms with van der Waals surface area (Å²) in [6, 6.07) is 15.5. The molecule has 3 aromatic carbocycles. The van der Waals surface area contributed by atoms with E-state index in [1.165, 1.54) is 37.6 Å². The smallest absolute Gasteiger partial charge is 0.170 e. The lowest BCUT2D eigenvalue weighted by Gasteiger charge is -2.14. The highest BCUT2D eigenvalue weighted by Crippen LogP contribution is 2.32. The third-order valence-electron chi connectivity index (χ3n) is 3.89. The second kappa shape index (κ2) is 9.19. The molecule has 0 atom stereocenters. The summed E-state index contributed by atoms with van der Waals surface area (Å²) in [4.78, 5) is 0. The van der Waals surface area contributed by atoms with Gasteiger partial charge in [0, 0.05) is 11.1 Å². The van der Waals surface area contributed by atoms with Gasteiger partial charge in [0.15, 0.2) is 11.5 Å². The van der Waals surface area contributed by atoms with Gasteiger partial charge in [0.2, 0.25) is 0 Å². The summed E-state index contributed by atoms with van der Waals surface area (Å²) >= 11 is 6.06. The van der Waals surface area contributed by atoms with Crippen LogP contribution in [0.5, 0.6) is 11.5 Å². The minimum Gasteiger partial charge on any atom is -0.493 e. The summed E-state index contributed by atoms with van der Waals surface area (Å²) in [5.41, 5.74) is 4.29. The summed E-state index contributed by atoms with van der Waals surface area (Å²) < 4.78 is 38.1. The van der Waals surface area contributed by atoms with Crippen molar-refractivity contribution < 1.29 is 18.3 Å². The van der Waals surface area contributed by atoms with E-state index < -0.39 is 5.82 Å². The molecule has 3 aromatic rings. The number of hydrogen-bond donors (Lipinski definition) is 1. The summed E-state index contributed by atoms with van der Waals surface area (Å²) in [7, 11) is 1.51. The van der Waals surface area contributed by atoms with Crippen molar-refractivity contribution in [3.63, 3.8) is 0 Å². The molecular formula is C21H17ClF2N2O2. The lowest BCUT2D eigenvalue weighted by atomic mass is 10.2. The van der Waals surface area contributed by atoms with Crippen molar-refractivity contribution in [1.82, 2.24) is 0 Å². The number of nitrogens with one attached hydrogen (secondary N) is 1. The number of benzene rings is 3. The minimum absolute atomic E-state index is 0.0713. The first-order valence-electron chi connectivity index (χ1n) is 8.36. The zero-order valence-corrected chi connectivity index (χ0v) is 15.7. The SMILES string of the molecule is COc1cccc(C=NNc2ccc(F)cc2)c1OCc1c(F)cccc1Cl. The first-order chi connectivity index (χ1) is 13.6. The molecule has 3 rings (SSSR count). The number of halogens is 3. The quantitative estimate of drug-likeness (QED) is 0.410. The van der Waals surface area contributed by atoms with Crippen LogP contribution in [0.25, 0.3) is 0 Å². The van der Waals surface area contributed by atoms with E-state index in [0.717, 1.165) is 0 Å². The highest BCUT2D eigenvalue weighted by molar-refractivity contribution is 6.31. The summed E-state index contributed by atoms with van der Waals surface area (Å²) in [6.45, 7) is -0.0713. The first kappa shape index (κ1) is 19.6. The van der Waals surface area contributed by atoms with Gasteiger partial charge in [-0.2, -0.15) is 5.10 Å². The summed E-state index contributed by atoms with van der Waals surface area (Å²) in [6.07, 6.45) is 1.53. The Kier molecular flexibility index (Phi) is 6.45. The van der Waals surface area contributed by atoms with Crippen molar-refractivity contribution in [1.29, 1.82) is 0 Å². The van der Waals surface area contributed by atoms with Gasteiger partial charge in [0.25, 0.3) is 0 Å². The van der Waals surface area contributed by atoms with Crippen molar-refractivity contribution in [3.8, 4) is 11.5 Å². The molecule has 0 spiro atoms. The predicted molar refractivity (Wildman–Crippen MR) is 106 cm³/mol. The Bertz CT molecular complexity index is 958. The Hall–Kier alpha value is -3.12. The zero-order chi connectivity index (χ0) is 19.9. The van der Waals surface area contributed by atoms with Gasteiger partial charge in [-0.3, -0.25) is 5.43 Å². The predicted octanol–water partition coefficient (Wildman–Crippen LogP) is 5.65. The fourth-order valence-corrected chi connectivity index (χ4v) is 2.68. The topological polar surface area (TPSA) is 42.8 Å². The Morgan fingerprint density at radius 3 is 2.50 bits per heavy atom. The number of anilines is 1. The lowest BCUT2D eigenvalue weighted by Crippen LogP contribution is -2.03. The number of hydrogen-bond acceptors (Lipinski definition) is 4. The van der Waals surface area contributed by atoms with E-state index >= 15 is 0 Å². The van der Waals surface area contributed by atoms with E-state index in [9.17, 15) is 8.78 Å². The van der Waals surface area contributed by atoms with Crippen molar-refractivity contribution in [3.05, 3.63) is 88.4 Å². The van der Waals surface area contributed by atoms with E-state index in [2.05, 4.69) is 10.5 Å². The second-order valence-corrected chi connectivity index (χ2v) is 6.15. The third-order valence-corrected chi connectivity index (χ3v) is 4.25. The third kappa shape index (κ3) is 4.78. The van der Waals surface area contributed by atoms with Crippen molar-refractivity contribution >= 4 is 23.5 Å². The number of para-hydroxylation sites is 1. The average Bonchev–Trinajstić information content (AvgIpc) is 2.69. The molecule has 0 radical (unpaired) electrons. The molecule has 0 aliphatic carbocycles. The van der Waals surface area contributed by atoms with Crippen LogP contribution in [0.1, 0.15) is 11.1 Å². The second-order valence-electron chi connectivity index (χ2n) is 5.74. The van der Waals surface area contributed by atoms with Crippen LogP contribution in [0, 0.1) is 11.6 Å². The summed E-state index contributed by atoms with van der Waals surface area (Å²) in [5.74, 6) is 0.0903. The van der Waals surface area contributed by atoms with Gasteiger partial charge in [0.05, 0.1) is 24.0 Å². The molecule has 0 fully saturated rings.